The molecule has 0 aliphatic carbocycles. The highest BCUT2D eigenvalue weighted by Gasteiger charge is 2.22. The van der Waals surface area contributed by atoms with Crippen LogP contribution in [0.15, 0.2) is 18.2 Å². The summed E-state index contributed by atoms with van der Waals surface area (Å²) in [5.41, 5.74) is 2.00. The lowest BCUT2D eigenvalue weighted by Crippen LogP contribution is -2.19. The van der Waals surface area contributed by atoms with Crippen LogP contribution in [0.3, 0.4) is 0 Å². The van der Waals surface area contributed by atoms with E-state index in [-0.39, 0.29) is 11.0 Å². The van der Waals surface area contributed by atoms with Crippen molar-refractivity contribution in [2.24, 2.45) is 0 Å². The number of nitrogens with zero attached hydrogens (tertiary/aromatic N) is 2. The summed E-state index contributed by atoms with van der Waals surface area (Å²) in [5, 5.41) is 9.05. The lowest BCUT2D eigenvalue weighted by Gasteiger charge is -2.19. The molecule has 1 heterocycles. The van der Waals surface area contributed by atoms with Crippen LogP contribution in [0, 0.1) is 0 Å². The van der Waals surface area contributed by atoms with E-state index in [9.17, 15) is 4.79 Å². The first-order chi connectivity index (χ1) is 8.84. The summed E-state index contributed by atoms with van der Waals surface area (Å²) in [6.45, 7) is 9.40. The fraction of sp³-hybridized carbons (Fsp3) is 0.467. The van der Waals surface area contributed by atoms with Crippen molar-refractivity contribution in [3.8, 4) is 0 Å². The lowest BCUT2D eigenvalue weighted by molar-refractivity contribution is 0.0697. The normalized spacial score (nSPS) is 12.0. The first-order valence-electron chi connectivity index (χ1n) is 6.58. The zero-order chi connectivity index (χ0) is 14.2. The number of carboxylic acid groups (broad SMARTS) is 1. The van der Waals surface area contributed by atoms with Gasteiger partial charge in [0.1, 0.15) is 5.82 Å². The number of imidazole rings is 1. The van der Waals surface area contributed by atoms with E-state index in [1.165, 1.54) is 0 Å². The van der Waals surface area contributed by atoms with Crippen molar-refractivity contribution in [2.75, 3.05) is 0 Å². The zero-order valence-electron chi connectivity index (χ0n) is 11.9. The molecule has 102 valence electrons. The predicted molar refractivity (Wildman–Crippen MR) is 75.7 cm³/mol. The Balaban J connectivity index is 2.69. The van der Waals surface area contributed by atoms with E-state index in [4.69, 9.17) is 5.11 Å². The van der Waals surface area contributed by atoms with Crippen LogP contribution in [0.2, 0.25) is 0 Å². The molecule has 0 unspecified atom stereocenters. The molecule has 0 spiro atoms. The molecule has 0 saturated carbocycles. The Hall–Kier alpha value is -1.84. The van der Waals surface area contributed by atoms with Gasteiger partial charge in [-0.1, -0.05) is 27.7 Å². The lowest BCUT2D eigenvalue weighted by atomic mass is 9.95. The smallest absolute Gasteiger partial charge is 0.335 e. The van der Waals surface area contributed by atoms with Crippen molar-refractivity contribution >= 4 is 17.0 Å². The highest BCUT2D eigenvalue weighted by molar-refractivity contribution is 5.92. The Morgan fingerprint density at radius 2 is 2.05 bits per heavy atom. The quantitative estimate of drug-likeness (QED) is 0.919. The minimum atomic E-state index is -0.913. The molecule has 0 bridgehead atoms. The number of fused-ring (bicyclic) bond motifs is 1. The molecule has 2 aromatic rings. The maximum absolute atomic E-state index is 11.0. The predicted octanol–water partition coefficient (Wildman–Crippen LogP) is 3.44. The van der Waals surface area contributed by atoms with Gasteiger partial charge in [-0.05, 0) is 24.6 Å². The third kappa shape index (κ3) is 2.48. The Bertz CT molecular complexity index is 621. The molecule has 2 rings (SSSR count). The third-order valence-corrected chi connectivity index (χ3v) is 3.11. The highest BCUT2D eigenvalue weighted by atomic mass is 16.4. The number of hydrogen-bond acceptors (Lipinski definition) is 2. The molecule has 0 fully saturated rings. The molecule has 0 aliphatic heterocycles. The van der Waals surface area contributed by atoms with Gasteiger partial charge in [0.05, 0.1) is 16.6 Å². The van der Waals surface area contributed by atoms with Gasteiger partial charge in [-0.2, -0.15) is 0 Å². The average Bonchev–Trinajstić information content (AvgIpc) is 2.67. The molecule has 0 atom stereocenters. The number of aryl methyl sites for hydroxylation is 1. The van der Waals surface area contributed by atoms with Crippen LogP contribution < -0.4 is 0 Å². The molecule has 0 aliphatic rings. The van der Waals surface area contributed by atoms with Crippen molar-refractivity contribution in [3.63, 3.8) is 0 Å². The van der Waals surface area contributed by atoms with Gasteiger partial charge in [0.15, 0.2) is 0 Å². The molecular formula is C15H20N2O2. The van der Waals surface area contributed by atoms with Gasteiger partial charge >= 0.3 is 5.97 Å². The van der Waals surface area contributed by atoms with Crippen molar-refractivity contribution in [1.82, 2.24) is 9.55 Å². The second-order valence-electron chi connectivity index (χ2n) is 5.85. The minimum Gasteiger partial charge on any atom is -0.478 e. The van der Waals surface area contributed by atoms with Crippen molar-refractivity contribution in [1.29, 1.82) is 0 Å². The van der Waals surface area contributed by atoms with Crippen molar-refractivity contribution in [3.05, 3.63) is 29.6 Å². The van der Waals surface area contributed by atoms with Crippen LogP contribution in [0.1, 0.15) is 50.3 Å². The molecule has 1 N–H and O–H groups in total. The van der Waals surface area contributed by atoms with Crippen LogP contribution in [0.5, 0.6) is 0 Å². The van der Waals surface area contributed by atoms with E-state index in [0.717, 1.165) is 29.8 Å². The first kappa shape index (κ1) is 13.6. The summed E-state index contributed by atoms with van der Waals surface area (Å²) >= 11 is 0. The standard InChI is InChI=1S/C15H20N2O2/c1-5-8-17-12-7-6-10(13(18)19)9-11(12)16-14(17)15(2,3)4/h6-7,9H,5,8H2,1-4H3,(H,18,19). The van der Waals surface area contributed by atoms with Crippen LogP contribution in [0.4, 0.5) is 0 Å². The number of rotatable bonds is 3. The van der Waals surface area contributed by atoms with E-state index in [0.29, 0.717) is 0 Å². The fourth-order valence-corrected chi connectivity index (χ4v) is 2.29. The number of benzene rings is 1. The summed E-state index contributed by atoms with van der Waals surface area (Å²) in [6.07, 6.45) is 1.02. The van der Waals surface area contributed by atoms with Gasteiger partial charge in [-0.25, -0.2) is 9.78 Å². The van der Waals surface area contributed by atoms with Crippen molar-refractivity contribution < 1.29 is 9.90 Å². The van der Waals surface area contributed by atoms with E-state index in [2.05, 4.69) is 37.2 Å². The average molecular weight is 260 g/mol. The maximum Gasteiger partial charge on any atom is 0.335 e. The summed E-state index contributed by atoms with van der Waals surface area (Å²) in [6, 6.07) is 5.15. The Morgan fingerprint density at radius 1 is 1.37 bits per heavy atom. The molecule has 0 radical (unpaired) electrons. The fourth-order valence-electron chi connectivity index (χ4n) is 2.29. The zero-order valence-corrected chi connectivity index (χ0v) is 11.9. The maximum atomic E-state index is 11.0. The SMILES string of the molecule is CCCn1c(C(C)(C)C)nc2cc(C(=O)O)ccc21. The molecule has 4 heteroatoms. The van der Waals surface area contributed by atoms with Gasteiger partial charge in [0, 0.05) is 12.0 Å². The van der Waals surface area contributed by atoms with E-state index in [1.807, 2.05) is 6.07 Å². The highest BCUT2D eigenvalue weighted by Crippen LogP contribution is 2.27. The summed E-state index contributed by atoms with van der Waals surface area (Å²) < 4.78 is 2.20. The minimum absolute atomic E-state index is 0.0580. The second kappa shape index (κ2) is 4.68. The Labute approximate surface area is 113 Å². The van der Waals surface area contributed by atoms with Crippen LogP contribution in [-0.4, -0.2) is 20.6 Å². The monoisotopic (exact) mass is 260 g/mol. The Kier molecular flexibility index (Phi) is 3.35. The topological polar surface area (TPSA) is 55.1 Å². The van der Waals surface area contributed by atoms with Gasteiger partial charge in [-0.3, -0.25) is 0 Å². The Morgan fingerprint density at radius 3 is 2.58 bits per heavy atom. The number of aromatic nitrogens is 2. The van der Waals surface area contributed by atoms with Crippen molar-refractivity contribution in [2.45, 2.75) is 46.1 Å². The van der Waals surface area contributed by atoms with Gasteiger partial charge in [-0.15, -0.1) is 0 Å². The van der Waals surface area contributed by atoms with E-state index in [1.54, 1.807) is 12.1 Å². The summed E-state index contributed by atoms with van der Waals surface area (Å²) in [7, 11) is 0. The van der Waals surface area contributed by atoms with Crippen LogP contribution >= 0.6 is 0 Å². The van der Waals surface area contributed by atoms with Crippen LogP contribution in [0.25, 0.3) is 11.0 Å². The summed E-state index contributed by atoms with van der Waals surface area (Å²) in [5.74, 6) is 0.0936. The molecule has 4 nitrogen and oxygen atoms in total. The molecule has 0 amide bonds. The van der Waals surface area contributed by atoms with Crippen LogP contribution in [-0.2, 0) is 12.0 Å². The number of carboxylic acids is 1. The first-order valence-corrected chi connectivity index (χ1v) is 6.58. The molecule has 0 saturated heterocycles. The largest absolute Gasteiger partial charge is 0.478 e. The summed E-state index contributed by atoms with van der Waals surface area (Å²) in [4.78, 5) is 15.7. The third-order valence-electron chi connectivity index (χ3n) is 3.11. The molecule has 19 heavy (non-hydrogen) atoms. The van der Waals surface area contributed by atoms with E-state index < -0.39 is 5.97 Å². The van der Waals surface area contributed by atoms with E-state index >= 15 is 0 Å². The number of hydrogen-bond donors (Lipinski definition) is 1. The van der Waals surface area contributed by atoms with Gasteiger partial charge in [0.2, 0.25) is 0 Å². The number of carbonyl (C=O) groups is 1. The molecule has 1 aromatic carbocycles. The van der Waals surface area contributed by atoms with Gasteiger partial charge in [0.25, 0.3) is 0 Å². The van der Waals surface area contributed by atoms with Gasteiger partial charge < -0.3 is 9.67 Å². The second-order valence-corrected chi connectivity index (χ2v) is 5.85. The number of aromatic carboxylic acids is 1. The molecule has 1 aromatic heterocycles. The molecular weight excluding hydrogens is 240 g/mol.